The van der Waals surface area contributed by atoms with Crippen molar-refractivity contribution < 1.29 is 17.9 Å². The Balaban J connectivity index is 2.30. The van der Waals surface area contributed by atoms with Crippen LogP contribution in [0, 0.1) is 0 Å². The highest BCUT2D eigenvalue weighted by Crippen LogP contribution is 2.35. The van der Waals surface area contributed by atoms with E-state index in [1.165, 1.54) is 4.31 Å². The second kappa shape index (κ2) is 6.53. The smallest absolute Gasteiger partial charge is 0.260 e. The lowest BCUT2D eigenvalue weighted by atomic mass is 10.2. The van der Waals surface area contributed by atoms with Crippen LogP contribution in [0.1, 0.15) is 12.8 Å². The maximum absolute atomic E-state index is 12.5. The summed E-state index contributed by atoms with van der Waals surface area (Å²) in [6, 6.07) is 6.69. The number of amides is 1. The number of nitrogens with two attached hydrogens (primary N) is 1. The Morgan fingerprint density at radius 3 is 2.76 bits per heavy atom. The molecule has 6 nitrogen and oxygen atoms in total. The number of alkyl halides is 1. The first-order chi connectivity index (χ1) is 9.95. The van der Waals surface area contributed by atoms with Crippen molar-refractivity contribution in [1.29, 1.82) is 0 Å². The van der Waals surface area contributed by atoms with Crippen LogP contribution in [0.3, 0.4) is 0 Å². The van der Waals surface area contributed by atoms with Gasteiger partial charge in [0, 0.05) is 5.88 Å². The van der Waals surface area contributed by atoms with Gasteiger partial charge < -0.3 is 10.5 Å². The Morgan fingerprint density at radius 1 is 1.38 bits per heavy atom. The van der Waals surface area contributed by atoms with E-state index in [1.54, 1.807) is 24.3 Å². The van der Waals surface area contributed by atoms with E-state index in [4.69, 9.17) is 22.1 Å². The lowest BCUT2D eigenvalue weighted by Crippen LogP contribution is -2.49. The number of nitrogens with zero attached hydrogens (tertiary/aromatic N) is 1. The highest BCUT2D eigenvalue weighted by atomic mass is 35.5. The molecule has 0 spiro atoms. The number of para-hydroxylation sites is 2. The zero-order valence-electron chi connectivity index (χ0n) is 11.4. The van der Waals surface area contributed by atoms with Crippen molar-refractivity contribution in [2.45, 2.75) is 18.9 Å². The average Bonchev–Trinajstić information content (AvgIpc) is 2.46. The largest absolute Gasteiger partial charge is 0.476 e. The molecule has 1 aliphatic heterocycles. The molecule has 0 bridgehead atoms. The summed E-state index contributed by atoms with van der Waals surface area (Å²) in [5.74, 6) is 0.0394. The number of rotatable bonds is 6. The fourth-order valence-electron chi connectivity index (χ4n) is 2.10. The predicted octanol–water partition coefficient (Wildman–Crippen LogP) is 1.09. The van der Waals surface area contributed by atoms with Gasteiger partial charge in [0.1, 0.15) is 5.75 Å². The van der Waals surface area contributed by atoms with E-state index in [1.807, 2.05) is 0 Å². The number of primary amides is 1. The normalized spacial score (nSPS) is 18.0. The first-order valence-electron chi connectivity index (χ1n) is 6.57. The molecule has 1 amide bonds. The van der Waals surface area contributed by atoms with Gasteiger partial charge in [-0.15, -0.1) is 11.6 Å². The van der Waals surface area contributed by atoms with Crippen molar-refractivity contribution in [2.75, 3.05) is 22.5 Å². The minimum Gasteiger partial charge on any atom is -0.476 e. The quantitative estimate of drug-likeness (QED) is 0.623. The number of benzene rings is 1. The molecule has 116 valence electrons. The minimum atomic E-state index is -3.55. The maximum atomic E-state index is 12.5. The van der Waals surface area contributed by atoms with E-state index in [-0.39, 0.29) is 12.3 Å². The van der Waals surface area contributed by atoms with E-state index in [9.17, 15) is 13.2 Å². The number of hydrogen-bond acceptors (Lipinski definition) is 4. The zero-order valence-corrected chi connectivity index (χ0v) is 12.9. The van der Waals surface area contributed by atoms with E-state index in [2.05, 4.69) is 0 Å². The Kier molecular flexibility index (Phi) is 4.95. The number of anilines is 1. The number of carbonyl (C=O) groups is 1. The predicted molar refractivity (Wildman–Crippen MR) is 81.1 cm³/mol. The van der Waals surface area contributed by atoms with Crippen LogP contribution in [0.4, 0.5) is 5.69 Å². The van der Waals surface area contributed by atoms with Crippen molar-refractivity contribution in [1.82, 2.24) is 0 Å². The van der Waals surface area contributed by atoms with Crippen LogP contribution in [0.25, 0.3) is 0 Å². The number of carbonyl (C=O) groups excluding carboxylic acids is 1. The number of ether oxygens (including phenoxy) is 1. The highest BCUT2D eigenvalue weighted by molar-refractivity contribution is 7.92. The minimum absolute atomic E-state index is 0.0282. The Hall–Kier alpha value is -1.47. The molecule has 0 fully saturated rings. The zero-order chi connectivity index (χ0) is 15.5. The fraction of sp³-hybridized carbons (Fsp3) is 0.462. The molecule has 0 radical (unpaired) electrons. The lowest BCUT2D eigenvalue weighted by Gasteiger charge is -2.34. The first-order valence-corrected chi connectivity index (χ1v) is 8.71. The van der Waals surface area contributed by atoms with Crippen LogP contribution in [-0.2, 0) is 14.8 Å². The SMILES string of the molecule is NC(=O)C1CN(S(=O)(=O)CCCCCl)c2ccccc2O1. The molecule has 2 N–H and O–H groups in total. The summed E-state index contributed by atoms with van der Waals surface area (Å²) >= 11 is 5.57. The molecule has 2 rings (SSSR count). The average molecular weight is 333 g/mol. The summed E-state index contributed by atoms with van der Waals surface area (Å²) in [5, 5.41) is 0. The third kappa shape index (κ3) is 3.59. The van der Waals surface area contributed by atoms with Crippen LogP contribution in [-0.4, -0.2) is 38.6 Å². The van der Waals surface area contributed by atoms with Gasteiger partial charge in [-0.3, -0.25) is 9.10 Å². The van der Waals surface area contributed by atoms with Gasteiger partial charge in [-0.25, -0.2) is 8.42 Å². The molecule has 0 saturated heterocycles. The summed E-state index contributed by atoms with van der Waals surface area (Å²) in [6.07, 6.45) is 0.0984. The van der Waals surface area contributed by atoms with Crippen molar-refractivity contribution in [3.8, 4) is 5.75 Å². The Labute approximate surface area is 128 Å². The molecule has 1 atom stereocenters. The topological polar surface area (TPSA) is 89.7 Å². The van der Waals surface area contributed by atoms with E-state index < -0.39 is 22.0 Å². The number of sulfonamides is 1. The number of halogens is 1. The van der Waals surface area contributed by atoms with Crippen molar-refractivity contribution in [2.24, 2.45) is 5.73 Å². The molecule has 0 aromatic heterocycles. The van der Waals surface area contributed by atoms with Gasteiger partial charge >= 0.3 is 0 Å². The summed E-state index contributed by atoms with van der Waals surface area (Å²) in [5.41, 5.74) is 5.68. The van der Waals surface area contributed by atoms with Crippen molar-refractivity contribution in [3.63, 3.8) is 0 Å². The van der Waals surface area contributed by atoms with Gasteiger partial charge in [0.2, 0.25) is 10.0 Å². The molecule has 8 heteroatoms. The monoisotopic (exact) mass is 332 g/mol. The summed E-state index contributed by atoms with van der Waals surface area (Å²) in [7, 11) is -3.55. The van der Waals surface area contributed by atoms with E-state index in [0.29, 0.717) is 30.2 Å². The molecule has 1 aromatic carbocycles. The van der Waals surface area contributed by atoms with Gasteiger partial charge in [-0.2, -0.15) is 0 Å². The summed E-state index contributed by atoms with van der Waals surface area (Å²) in [6.45, 7) is -0.102. The third-order valence-electron chi connectivity index (χ3n) is 3.17. The van der Waals surface area contributed by atoms with E-state index >= 15 is 0 Å². The molecule has 1 aromatic rings. The second-order valence-electron chi connectivity index (χ2n) is 4.72. The van der Waals surface area contributed by atoms with Gasteiger partial charge in [0.05, 0.1) is 18.0 Å². The lowest BCUT2D eigenvalue weighted by molar-refractivity contribution is -0.124. The van der Waals surface area contributed by atoms with Crippen molar-refractivity contribution >= 4 is 33.2 Å². The molecule has 21 heavy (non-hydrogen) atoms. The van der Waals surface area contributed by atoms with Gasteiger partial charge in [0.25, 0.3) is 5.91 Å². The highest BCUT2D eigenvalue weighted by Gasteiger charge is 2.35. The van der Waals surface area contributed by atoms with Crippen LogP contribution in [0.15, 0.2) is 24.3 Å². The van der Waals surface area contributed by atoms with Crippen LogP contribution < -0.4 is 14.8 Å². The molecule has 0 aliphatic carbocycles. The molecule has 1 heterocycles. The van der Waals surface area contributed by atoms with Gasteiger partial charge in [-0.05, 0) is 25.0 Å². The van der Waals surface area contributed by atoms with Crippen LogP contribution >= 0.6 is 11.6 Å². The number of unbranched alkanes of at least 4 members (excludes halogenated alkanes) is 1. The molecule has 0 saturated carbocycles. The Morgan fingerprint density at radius 2 is 2.10 bits per heavy atom. The third-order valence-corrected chi connectivity index (χ3v) is 5.26. The molecule has 1 unspecified atom stereocenters. The van der Waals surface area contributed by atoms with E-state index in [0.717, 1.165) is 0 Å². The summed E-state index contributed by atoms with van der Waals surface area (Å²) < 4.78 is 31.6. The van der Waals surface area contributed by atoms with Gasteiger partial charge in [0.15, 0.2) is 6.10 Å². The van der Waals surface area contributed by atoms with Crippen molar-refractivity contribution in [3.05, 3.63) is 24.3 Å². The number of hydrogen-bond donors (Lipinski definition) is 1. The standard InChI is InChI=1S/C13H17ClN2O4S/c14-7-3-4-8-21(18,19)16-9-12(13(15)17)20-11-6-2-1-5-10(11)16/h1-2,5-6,12H,3-4,7-9H2,(H2,15,17). The first kappa shape index (κ1) is 15.9. The van der Waals surface area contributed by atoms with Gasteiger partial charge in [-0.1, -0.05) is 12.1 Å². The number of fused-ring (bicyclic) bond motifs is 1. The fourth-order valence-corrected chi connectivity index (χ4v) is 3.89. The maximum Gasteiger partial charge on any atom is 0.260 e. The Bertz CT molecular complexity index is 620. The second-order valence-corrected chi connectivity index (χ2v) is 7.11. The molecular formula is C13H17ClN2O4S. The van der Waals surface area contributed by atoms with Crippen LogP contribution in [0.5, 0.6) is 5.75 Å². The van der Waals surface area contributed by atoms with Crippen LogP contribution in [0.2, 0.25) is 0 Å². The summed E-state index contributed by atoms with van der Waals surface area (Å²) in [4.78, 5) is 11.4. The molecule has 1 aliphatic rings. The molecular weight excluding hydrogens is 316 g/mol.